The predicted octanol–water partition coefficient (Wildman–Crippen LogP) is 1.71. The van der Waals surface area contributed by atoms with Gasteiger partial charge in [0.15, 0.2) is 0 Å². The SMILES string of the molecule is COCCN(CCCN)c1cc(C)nc(C(C)C)n1. The molecular formula is C14H26N4O. The highest BCUT2D eigenvalue weighted by Crippen LogP contribution is 2.17. The molecule has 5 nitrogen and oxygen atoms in total. The summed E-state index contributed by atoms with van der Waals surface area (Å²) in [4.78, 5) is 11.4. The van der Waals surface area contributed by atoms with Crippen molar-refractivity contribution in [1.29, 1.82) is 0 Å². The van der Waals surface area contributed by atoms with Crippen molar-refractivity contribution in [2.24, 2.45) is 5.73 Å². The Labute approximate surface area is 116 Å². The Balaban J connectivity index is 2.92. The Kier molecular flexibility index (Phi) is 6.73. The number of nitrogens with two attached hydrogens (primary N) is 1. The highest BCUT2D eigenvalue weighted by atomic mass is 16.5. The molecule has 19 heavy (non-hydrogen) atoms. The van der Waals surface area contributed by atoms with Gasteiger partial charge in [-0.05, 0) is 19.9 Å². The predicted molar refractivity (Wildman–Crippen MR) is 78.6 cm³/mol. The van der Waals surface area contributed by atoms with Gasteiger partial charge in [0, 0.05) is 37.9 Å². The van der Waals surface area contributed by atoms with E-state index in [0.717, 1.165) is 36.8 Å². The molecule has 108 valence electrons. The molecule has 0 aliphatic rings. The lowest BCUT2D eigenvalue weighted by atomic mass is 10.2. The van der Waals surface area contributed by atoms with E-state index >= 15 is 0 Å². The van der Waals surface area contributed by atoms with Gasteiger partial charge in [0.05, 0.1) is 6.61 Å². The van der Waals surface area contributed by atoms with Gasteiger partial charge in [-0.1, -0.05) is 13.8 Å². The maximum Gasteiger partial charge on any atom is 0.133 e. The molecule has 5 heteroatoms. The second-order valence-electron chi connectivity index (χ2n) is 5.00. The fraction of sp³-hybridized carbons (Fsp3) is 0.714. The molecule has 0 aliphatic heterocycles. The minimum absolute atomic E-state index is 0.331. The van der Waals surface area contributed by atoms with E-state index in [1.54, 1.807) is 7.11 Å². The molecule has 0 radical (unpaired) electrons. The third-order valence-corrected chi connectivity index (χ3v) is 2.90. The topological polar surface area (TPSA) is 64.3 Å². The van der Waals surface area contributed by atoms with Crippen molar-refractivity contribution >= 4 is 5.82 Å². The fourth-order valence-electron chi connectivity index (χ4n) is 1.82. The van der Waals surface area contributed by atoms with Gasteiger partial charge in [0.1, 0.15) is 11.6 Å². The number of anilines is 1. The molecule has 1 aromatic rings. The summed E-state index contributed by atoms with van der Waals surface area (Å²) in [6.07, 6.45) is 0.948. The zero-order chi connectivity index (χ0) is 14.3. The molecule has 0 spiro atoms. The Bertz CT molecular complexity index is 374. The number of rotatable bonds is 8. The van der Waals surface area contributed by atoms with Crippen LogP contribution in [0.3, 0.4) is 0 Å². The molecule has 1 aromatic heterocycles. The van der Waals surface area contributed by atoms with Crippen molar-refractivity contribution < 1.29 is 4.74 Å². The van der Waals surface area contributed by atoms with E-state index < -0.39 is 0 Å². The van der Waals surface area contributed by atoms with Crippen molar-refractivity contribution in [1.82, 2.24) is 9.97 Å². The van der Waals surface area contributed by atoms with Crippen LogP contribution in [0.15, 0.2) is 6.07 Å². The van der Waals surface area contributed by atoms with E-state index in [1.807, 2.05) is 13.0 Å². The second kappa shape index (κ2) is 8.07. The molecule has 0 bridgehead atoms. The molecule has 0 aromatic carbocycles. The Morgan fingerprint density at radius 3 is 2.63 bits per heavy atom. The van der Waals surface area contributed by atoms with Crippen LogP contribution in [0, 0.1) is 6.92 Å². The number of hydrogen-bond acceptors (Lipinski definition) is 5. The Morgan fingerprint density at radius 1 is 1.32 bits per heavy atom. The maximum atomic E-state index is 5.60. The molecule has 2 N–H and O–H groups in total. The summed E-state index contributed by atoms with van der Waals surface area (Å²) < 4.78 is 5.17. The van der Waals surface area contributed by atoms with Crippen LogP contribution in [-0.2, 0) is 4.74 Å². The van der Waals surface area contributed by atoms with E-state index in [2.05, 4.69) is 28.7 Å². The van der Waals surface area contributed by atoms with Crippen LogP contribution in [0.5, 0.6) is 0 Å². The molecule has 0 atom stereocenters. The highest BCUT2D eigenvalue weighted by Gasteiger charge is 2.12. The van der Waals surface area contributed by atoms with E-state index in [-0.39, 0.29) is 0 Å². The smallest absolute Gasteiger partial charge is 0.133 e. The number of aryl methyl sites for hydroxylation is 1. The van der Waals surface area contributed by atoms with Crippen molar-refractivity contribution in [2.45, 2.75) is 33.1 Å². The quantitative estimate of drug-likeness (QED) is 0.776. The first-order valence-electron chi connectivity index (χ1n) is 6.88. The Morgan fingerprint density at radius 2 is 2.05 bits per heavy atom. The lowest BCUT2D eigenvalue weighted by Crippen LogP contribution is -2.30. The molecule has 1 rings (SSSR count). The standard InChI is InChI=1S/C14H26N4O/c1-11(2)14-16-12(3)10-13(17-14)18(7-5-6-15)8-9-19-4/h10-11H,5-9,15H2,1-4H3. The van der Waals surface area contributed by atoms with Gasteiger partial charge in [0.2, 0.25) is 0 Å². The van der Waals surface area contributed by atoms with Crippen LogP contribution in [0.4, 0.5) is 5.82 Å². The van der Waals surface area contributed by atoms with Crippen molar-refractivity contribution in [3.05, 3.63) is 17.6 Å². The second-order valence-corrected chi connectivity index (χ2v) is 5.00. The van der Waals surface area contributed by atoms with Crippen molar-refractivity contribution in [3.63, 3.8) is 0 Å². The number of aromatic nitrogens is 2. The maximum absolute atomic E-state index is 5.60. The molecule has 1 heterocycles. The molecule has 0 saturated carbocycles. The zero-order valence-electron chi connectivity index (χ0n) is 12.5. The average molecular weight is 266 g/mol. The summed E-state index contributed by atoms with van der Waals surface area (Å²) >= 11 is 0. The van der Waals surface area contributed by atoms with Crippen LogP contribution in [-0.4, -0.2) is 43.3 Å². The van der Waals surface area contributed by atoms with Crippen LogP contribution in [0.1, 0.15) is 37.7 Å². The van der Waals surface area contributed by atoms with Gasteiger partial charge < -0.3 is 15.4 Å². The number of nitrogens with zero attached hydrogens (tertiary/aromatic N) is 3. The molecular weight excluding hydrogens is 240 g/mol. The first-order valence-corrected chi connectivity index (χ1v) is 6.88. The minimum atomic E-state index is 0.331. The van der Waals surface area contributed by atoms with Crippen LogP contribution in [0.25, 0.3) is 0 Å². The summed E-state index contributed by atoms with van der Waals surface area (Å²) in [5, 5.41) is 0. The summed E-state index contributed by atoms with van der Waals surface area (Å²) in [6.45, 7) is 9.32. The number of hydrogen-bond donors (Lipinski definition) is 1. The average Bonchev–Trinajstić information content (AvgIpc) is 2.38. The van der Waals surface area contributed by atoms with Gasteiger partial charge in [-0.15, -0.1) is 0 Å². The minimum Gasteiger partial charge on any atom is -0.383 e. The third-order valence-electron chi connectivity index (χ3n) is 2.90. The van der Waals surface area contributed by atoms with E-state index in [1.165, 1.54) is 0 Å². The van der Waals surface area contributed by atoms with Crippen LogP contribution >= 0.6 is 0 Å². The summed E-state index contributed by atoms with van der Waals surface area (Å²) in [7, 11) is 1.71. The van der Waals surface area contributed by atoms with E-state index in [0.29, 0.717) is 19.1 Å². The van der Waals surface area contributed by atoms with Gasteiger partial charge in [0.25, 0.3) is 0 Å². The highest BCUT2D eigenvalue weighted by molar-refractivity contribution is 5.40. The molecule has 0 unspecified atom stereocenters. The monoisotopic (exact) mass is 266 g/mol. The lowest BCUT2D eigenvalue weighted by Gasteiger charge is -2.24. The first kappa shape index (κ1) is 15.9. The molecule has 0 fully saturated rings. The fourth-order valence-corrected chi connectivity index (χ4v) is 1.82. The number of methoxy groups -OCH3 is 1. The summed E-state index contributed by atoms with van der Waals surface area (Å²) in [6, 6.07) is 2.03. The normalized spacial score (nSPS) is 11.1. The first-order chi connectivity index (χ1) is 9.08. The van der Waals surface area contributed by atoms with Crippen molar-refractivity contribution in [2.75, 3.05) is 38.3 Å². The van der Waals surface area contributed by atoms with Gasteiger partial charge in [-0.25, -0.2) is 9.97 Å². The Hall–Kier alpha value is -1.20. The molecule has 0 saturated heterocycles. The summed E-state index contributed by atoms with van der Waals surface area (Å²) in [5.74, 6) is 2.20. The molecule has 0 amide bonds. The van der Waals surface area contributed by atoms with Crippen LogP contribution in [0.2, 0.25) is 0 Å². The van der Waals surface area contributed by atoms with Gasteiger partial charge >= 0.3 is 0 Å². The number of ether oxygens (including phenoxy) is 1. The van der Waals surface area contributed by atoms with E-state index in [9.17, 15) is 0 Å². The third kappa shape index (κ3) is 5.12. The van der Waals surface area contributed by atoms with Crippen molar-refractivity contribution in [3.8, 4) is 0 Å². The van der Waals surface area contributed by atoms with Gasteiger partial charge in [-0.3, -0.25) is 0 Å². The summed E-state index contributed by atoms with van der Waals surface area (Å²) in [5.41, 5.74) is 6.60. The molecule has 0 aliphatic carbocycles. The van der Waals surface area contributed by atoms with Crippen LogP contribution < -0.4 is 10.6 Å². The lowest BCUT2D eigenvalue weighted by molar-refractivity contribution is 0.205. The largest absolute Gasteiger partial charge is 0.383 e. The zero-order valence-corrected chi connectivity index (χ0v) is 12.5. The van der Waals surface area contributed by atoms with E-state index in [4.69, 9.17) is 10.5 Å². The van der Waals surface area contributed by atoms with Gasteiger partial charge in [-0.2, -0.15) is 0 Å².